The quantitative estimate of drug-likeness (QED) is 0.280. The van der Waals surface area contributed by atoms with Crippen molar-refractivity contribution in [2.75, 3.05) is 0 Å². The second-order valence-corrected chi connectivity index (χ2v) is 9.40. The van der Waals surface area contributed by atoms with Gasteiger partial charge in [-0.3, -0.25) is 25.0 Å². The Kier molecular flexibility index (Phi) is 6.54. The molecule has 0 saturated heterocycles. The number of hydrogen-bond acceptors (Lipinski definition) is 6. The Morgan fingerprint density at radius 2 is 1.68 bits per heavy atom. The first-order valence-electron chi connectivity index (χ1n) is 11.7. The molecule has 1 heterocycles. The van der Waals surface area contributed by atoms with Crippen molar-refractivity contribution in [3.63, 3.8) is 0 Å². The summed E-state index contributed by atoms with van der Waals surface area (Å²) in [5, 5.41) is 29.3. The van der Waals surface area contributed by atoms with Crippen molar-refractivity contribution in [1.29, 1.82) is 0 Å². The summed E-state index contributed by atoms with van der Waals surface area (Å²) in [5.74, 6) is -0.556. The van der Waals surface area contributed by atoms with Crippen molar-refractivity contribution in [3.05, 3.63) is 120 Å². The van der Waals surface area contributed by atoms with E-state index >= 15 is 0 Å². The van der Waals surface area contributed by atoms with E-state index in [0.717, 1.165) is 18.4 Å². The number of carbonyl (C=O) groups is 1. The third-order valence-electron chi connectivity index (χ3n) is 6.63. The molecule has 2 unspecified atom stereocenters. The van der Waals surface area contributed by atoms with E-state index in [4.69, 9.17) is 16.7 Å². The fraction of sp³-hybridized carbons (Fsp3) is 0.185. The number of rotatable bonds is 5. The van der Waals surface area contributed by atoms with Gasteiger partial charge in [0.2, 0.25) is 0 Å². The molecule has 5 rings (SSSR count). The number of non-ortho nitro benzene ring substituents is 2. The summed E-state index contributed by atoms with van der Waals surface area (Å²) in [6.45, 7) is 0. The van der Waals surface area contributed by atoms with Gasteiger partial charge in [-0.25, -0.2) is 5.01 Å². The summed E-state index contributed by atoms with van der Waals surface area (Å²) in [4.78, 5) is 35.5. The molecule has 1 aliphatic heterocycles. The number of nitro groups is 2. The van der Waals surface area contributed by atoms with E-state index < -0.39 is 15.9 Å². The van der Waals surface area contributed by atoms with E-state index in [1.54, 1.807) is 48.5 Å². The molecule has 2 atom stereocenters. The number of allylic oxidation sites excluding steroid dienone is 1. The molecule has 1 saturated carbocycles. The maximum Gasteiger partial charge on any atom is 0.274 e. The lowest BCUT2D eigenvalue weighted by molar-refractivity contribution is -0.385. The highest BCUT2D eigenvalue weighted by atomic mass is 35.5. The molecule has 2 aliphatic rings. The smallest absolute Gasteiger partial charge is 0.267 e. The van der Waals surface area contributed by atoms with Gasteiger partial charge in [0.1, 0.15) is 0 Å². The average molecular weight is 517 g/mol. The topological polar surface area (TPSA) is 119 Å². The minimum absolute atomic E-state index is 0.0118. The summed E-state index contributed by atoms with van der Waals surface area (Å²) >= 11 is 6.14. The van der Waals surface area contributed by atoms with Crippen LogP contribution in [0, 0.1) is 26.1 Å². The second-order valence-electron chi connectivity index (χ2n) is 8.96. The number of hydrogen-bond donors (Lipinski definition) is 0. The molecule has 3 aromatic rings. The van der Waals surface area contributed by atoms with Crippen LogP contribution in [0.1, 0.15) is 46.8 Å². The lowest BCUT2D eigenvalue weighted by Crippen LogP contribution is -2.32. The molecular formula is C27H21ClN4O5. The molecule has 0 N–H and O–H groups in total. The van der Waals surface area contributed by atoms with Crippen LogP contribution in [0.5, 0.6) is 0 Å². The van der Waals surface area contributed by atoms with Crippen LogP contribution in [0.15, 0.2) is 83.5 Å². The summed E-state index contributed by atoms with van der Waals surface area (Å²) in [6.07, 6.45) is 4.11. The zero-order chi connectivity index (χ0) is 26.1. The van der Waals surface area contributed by atoms with Gasteiger partial charge in [0.15, 0.2) is 0 Å². The fourth-order valence-corrected chi connectivity index (χ4v) is 5.20. The third kappa shape index (κ3) is 4.85. The van der Waals surface area contributed by atoms with Crippen molar-refractivity contribution in [2.45, 2.75) is 25.3 Å². The molecule has 0 bridgehead atoms. The largest absolute Gasteiger partial charge is 0.274 e. The average Bonchev–Trinajstić information content (AvgIpc) is 3.29. The number of benzene rings is 3. The Labute approximate surface area is 217 Å². The second kappa shape index (κ2) is 9.94. The first-order valence-corrected chi connectivity index (χ1v) is 12.1. The van der Waals surface area contributed by atoms with Crippen LogP contribution in [0.2, 0.25) is 5.02 Å². The van der Waals surface area contributed by atoms with Gasteiger partial charge in [-0.05, 0) is 60.2 Å². The zero-order valence-corrected chi connectivity index (χ0v) is 20.2. The predicted molar refractivity (Wildman–Crippen MR) is 139 cm³/mol. The fourth-order valence-electron chi connectivity index (χ4n) is 5.01. The van der Waals surface area contributed by atoms with E-state index in [-0.39, 0.29) is 23.2 Å². The van der Waals surface area contributed by atoms with Crippen LogP contribution in [-0.2, 0) is 0 Å². The monoisotopic (exact) mass is 516 g/mol. The molecule has 9 nitrogen and oxygen atoms in total. The standard InChI is InChI=1S/C27H21ClN4O5/c28-21-9-2-8-20(15-21)27(33)30-26(19-7-3-11-23(16-19)32(36)37)24-12-4-6-18(25(24)29-30)13-17-5-1-10-22(14-17)31(34)35/h1-3,5,7-11,13-16,24,26H,4,6,12H2/b18-13-. The van der Waals surface area contributed by atoms with Crippen LogP contribution in [-0.4, -0.2) is 26.5 Å². The van der Waals surface area contributed by atoms with Crippen molar-refractivity contribution in [2.24, 2.45) is 11.0 Å². The summed E-state index contributed by atoms with van der Waals surface area (Å²) in [5.41, 5.74) is 3.16. The normalized spacial score (nSPS) is 19.9. The van der Waals surface area contributed by atoms with E-state index in [1.165, 1.54) is 29.3 Å². The van der Waals surface area contributed by atoms with Gasteiger partial charge < -0.3 is 0 Å². The molecule has 1 fully saturated rings. The predicted octanol–water partition coefficient (Wildman–Crippen LogP) is 6.59. The molecule has 1 aliphatic carbocycles. The molecule has 0 spiro atoms. The number of nitrogens with zero attached hydrogens (tertiary/aromatic N) is 4. The van der Waals surface area contributed by atoms with Crippen molar-refractivity contribution >= 4 is 40.7 Å². The number of halogens is 1. The Bertz CT molecular complexity index is 1480. The number of fused-ring (bicyclic) bond motifs is 1. The lowest BCUT2D eigenvalue weighted by atomic mass is 9.77. The first kappa shape index (κ1) is 24.3. The van der Waals surface area contributed by atoms with E-state index in [2.05, 4.69) is 0 Å². The van der Waals surface area contributed by atoms with Crippen molar-refractivity contribution in [1.82, 2.24) is 5.01 Å². The van der Waals surface area contributed by atoms with E-state index in [0.29, 0.717) is 33.8 Å². The Morgan fingerprint density at radius 3 is 2.41 bits per heavy atom. The highest BCUT2D eigenvalue weighted by Crippen LogP contribution is 2.45. The highest BCUT2D eigenvalue weighted by molar-refractivity contribution is 6.31. The van der Waals surface area contributed by atoms with Gasteiger partial charge >= 0.3 is 0 Å². The number of amides is 1. The van der Waals surface area contributed by atoms with Gasteiger partial charge in [0.25, 0.3) is 17.3 Å². The first-order chi connectivity index (χ1) is 17.8. The van der Waals surface area contributed by atoms with Crippen LogP contribution in [0.4, 0.5) is 11.4 Å². The summed E-state index contributed by atoms with van der Waals surface area (Å²) in [6, 6.07) is 18.6. The van der Waals surface area contributed by atoms with E-state index in [1.807, 2.05) is 6.08 Å². The molecule has 0 radical (unpaired) electrons. The SMILES string of the molecule is O=C(c1cccc(Cl)c1)N1N=C2/C(=C\c3cccc([N+](=O)[O-])c3)CCCC2C1c1cccc([N+](=O)[O-])c1. The Hall–Kier alpha value is -4.37. The molecule has 37 heavy (non-hydrogen) atoms. The maximum atomic E-state index is 13.7. The van der Waals surface area contributed by atoms with Gasteiger partial charge in [-0.15, -0.1) is 0 Å². The minimum atomic E-state index is -0.546. The van der Waals surface area contributed by atoms with Crippen LogP contribution < -0.4 is 0 Å². The Balaban J connectivity index is 1.60. The van der Waals surface area contributed by atoms with Gasteiger partial charge in [-0.2, -0.15) is 5.10 Å². The zero-order valence-electron chi connectivity index (χ0n) is 19.5. The highest BCUT2D eigenvalue weighted by Gasteiger charge is 2.44. The van der Waals surface area contributed by atoms with Gasteiger partial charge in [0.05, 0.1) is 21.6 Å². The van der Waals surface area contributed by atoms with Gasteiger partial charge in [-0.1, -0.05) is 41.9 Å². The number of carbonyl (C=O) groups excluding carboxylic acids is 1. The van der Waals surface area contributed by atoms with Gasteiger partial charge in [0, 0.05) is 40.8 Å². The molecule has 186 valence electrons. The van der Waals surface area contributed by atoms with Crippen molar-refractivity contribution in [3.8, 4) is 0 Å². The van der Waals surface area contributed by atoms with Crippen LogP contribution >= 0.6 is 11.6 Å². The van der Waals surface area contributed by atoms with Crippen LogP contribution in [0.25, 0.3) is 6.08 Å². The summed E-state index contributed by atoms with van der Waals surface area (Å²) in [7, 11) is 0. The molecule has 0 aromatic heterocycles. The number of nitro benzene ring substituents is 2. The molecule has 10 heteroatoms. The number of hydrazone groups is 1. The molecule has 1 amide bonds. The molecule has 3 aromatic carbocycles. The van der Waals surface area contributed by atoms with Crippen LogP contribution in [0.3, 0.4) is 0 Å². The van der Waals surface area contributed by atoms with E-state index in [9.17, 15) is 25.0 Å². The lowest BCUT2D eigenvalue weighted by Gasteiger charge is -2.29. The van der Waals surface area contributed by atoms with Crippen molar-refractivity contribution < 1.29 is 14.6 Å². The summed E-state index contributed by atoms with van der Waals surface area (Å²) < 4.78 is 0. The third-order valence-corrected chi connectivity index (χ3v) is 6.86. The Morgan fingerprint density at radius 1 is 0.973 bits per heavy atom. The minimum Gasteiger partial charge on any atom is -0.267 e. The molecular weight excluding hydrogens is 496 g/mol. The maximum absolute atomic E-state index is 13.7.